The third-order valence-electron chi connectivity index (χ3n) is 4.12. The first-order valence-electron chi connectivity index (χ1n) is 9.35. The lowest BCUT2D eigenvalue weighted by Gasteiger charge is -2.08. The van der Waals surface area contributed by atoms with Crippen LogP contribution in [0.4, 0.5) is 0 Å². The first-order chi connectivity index (χ1) is 13.3. The number of rotatable bonds is 13. The summed E-state index contributed by atoms with van der Waals surface area (Å²) in [5.41, 5.74) is 0. The molecule has 0 spiro atoms. The van der Waals surface area contributed by atoms with Crippen molar-refractivity contribution in [2.75, 3.05) is 31.0 Å². The Morgan fingerprint density at radius 3 is 2.36 bits per heavy atom. The van der Waals surface area contributed by atoms with E-state index in [2.05, 4.69) is 44.4 Å². The third-order valence-corrected chi connectivity index (χ3v) is 6.70. The molecule has 0 amide bonds. The lowest BCUT2D eigenvalue weighted by atomic mass is 10.1. The Balaban J connectivity index is 1.52. The summed E-state index contributed by atoms with van der Waals surface area (Å²) in [6, 6.07) is 12.3. The summed E-state index contributed by atoms with van der Waals surface area (Å²) in [7, 11) is -4.31. The minimum absolute atomic E-state index is 0.105. The van der Waals surface area contributed by atoms with Gasteiger partial charge >= 0.3 is 0 Å². The number of hydrogen-bond acceptors (Lipinski definition) is 5. The number of fused-ring (bicyclic) bond motifs is 1. The summed E-state index contributed by atoms with van der Waals surface area (Å²) < 4.78 is 45.0. The SMILES string of the molecule is CS(=O)(=O)OCCCS(=O)CCCCCCOc1ccc2cc(Br)ccc2c1. The smallest absolute Gasteiger partial charge is 0.264 e. The highest BCUT2D eigenvalue weighted by molar-refractivity contribution is 9.10. The van der Waals surface area contributed by atoms with Gasteiger partial charge in [-0.1, -0.05) is 40.9 Å². The second-order valence-electron chi connectivity index (χ2n) is 6.64. The maximum absolute atomic E-state index is 11.8. The summed E-state index contributed by atoms with van der Waals surface area (Å²) >= 11 is 3.48. The quantitative estimate of drug-likeness (QED) is 0.301. The third kappa shape index (κ3) is 9.49. The Bertz CT molecular complexity index is 883. The second kappa shape index (κ2) is 11.9. The highest BCUT2D eigenvalue weighted by atomic mass is 79.9. The molecular weight excluding hydrogens is 464 g/mol. The summed E-state index contributed by atoms with van der Waals surface area (Å²) in [5.74, 6) is 2.02. The summed E-state index contributed by atoms with van der Waals surface area (Å²) in [6.07, 6.45) is 5.44. The summed E-state index contributed by atoms with van der Waals surface area (Å²) in [4.78, 5) is 0. The molecule has 1 unspecified atom stereocenters. The van der Waals surface area contributed by atoms with Crippen LogP contribution in [0.3, 0.4) is 0 Å². The van der Waals surface area contributed by atoms with Gasteiger partial charge in [-0.05, 0) is 54.3 Å². The molecule has 0 radical (unpaired) electrons. The minimum Gasteiger partial charge on any atom is -0.494 e. The van der Waals surface area contributed by atoms with E-state index in [1.165, 1.54) is 5.39 Å². The zero-order valence-electron chi connectivity index (χ0n) is 16.1. The van der Waals surface area contributed by atoms with Gasteiger partial charge in [0.15, 0.2) is 0 Å². The van der Waals surface area contributed by atoms with Crippen molar-refractivity contribution in [2.45, 2.75) is 32.1 Å². The van der Waals surface area contributed by atoms with Gasteiger partial charge in [0.25, 0.3) is 10.1 Å². The molecule has 0 aliphatic carbocycles. The van der Waals surface area contributed by atoms with Crippen molar-refractivity contribution in [1.82, 2.24) is 0 Å². The molecule has 1 atom stereocenters. The second-order valence-corrected chi connectivity index (χ2v) is 10.9. The fraction of sp³-hybridized carbons (Fsp3) is 0.500. The average molecular weight is 491 g/mol. The van der Waals surface area contributed by atoms with Gasteiger partial charge in [-0.3, -0.25) is 8.39 Å². The van der Waals surface area contributed by atoms with Crippen molar-refractivity contribution >= 4 is 47.6 Å². The fourth-order valence-electron chi connectivity index (χ4n) is 2.73. The molecule has 0 saturated heterocycles. The van der Waals surface area contributed by atoms with Crippen molar-refractivity contribution in [3.8, 4) is 5.75 Å². The van der Waals surface area contributed by atoms with Crippen LogP contribution in [-0.4, -0.2) is 43.6 Å². The first kappa shape index (κ1) is 23.3. The summed E-state index contributed by atoms with van der Waals surface area (Å²) in [6.45, 7) is 0.780. The molecule has 2 aromatic carbocycles. The van der Waals surface area contributed by atoms with E-state index < -0.39 is 20.9 Å². The molecule has 0 fully saturated rings. The minimum atomic E-state index is -3.40. The Kier molecular flexibility index (Phi) is 9.91. The van der Waals surface area contributed by atoms with Crippen LogP contribution in [-0.2, 0) is 25.1 Å². The fourth-order valence-corrected chi connectivity index (χ4v) is 4.69. The lowest BCUT2D eigenvalue weighted by Crippen LogP contribution is -2.09. The van der Waals surface area contributed by atoms with Crippen LogP contribution in [0.5, 0.6) is 5.75 Å². The Labute approximate surface area is 178 Å². The predicted molar refractivity (Wildman–Crippen MR) is 119 cm³/mol. The molecule has 156 valence electrons. The van der Waals surface area contributed by atoms with Crippen LogP contribution in [0.1, 0.15) is 32.1 Å². The monoisotopic (exact) mass is 490 g/mol. The highest BCUT2D eigenvalue weighted by Gasteiger charge is 2.04. The highest BCUT2D eigenvalue weighted by Crippen LogP contribution is 2.24. The molecule has 2 rings (SSSR count). The van der Waals surface area contributed by atoms with Crippen LogP contribution in [0.25, 0.3) is 10.8 Å². The largest absolute Gasteiger partial charge is 0.494 e. The van der Waals surface area contributed by atoms with Crippen molar-refractivity contribution in [3.05, 3.63) is 40.9 Å². The van der Waals surface area contributed by atoms with E-state index in [1.807, 2.05) is 12.1 Å². The van der Waals surface area contributed by atoms with Gasteiger partial charge in [0.2, 0.25) is 0 Å². The normalized spacial score (nSPS) is 12.9. The van der Waals surface area contributed by atoms with E-state index in [0.29, 0.717) is 24.5 Å². The first-order valence-corrected chi connectivity index (χ1v) is 13.4. The molecule has 0 aliphatic heterocycles. The van der Waals surface area contributed by atoms with Gasteiger partial charge in [-0.15, -0.1) is 0 Å². The molecular formula is C20H27BrO5S2. The Morgan fingerprint density at radius 2 is 1.57 bits per heavy atom. The van der Waals surface area contributed by atoms with E-state index in [-0.39, 0.29) is 6.61 Å². The van der Waals surface area contributed by atoms with E-state index in [9.17, 15) is 12.6 Å². The lowest BCUT2D eigenvalue weighted by molar-refractivity contribution is 0.305. The van der Waals surface area contributed by atoms with Gasteiger partial charge < -0.3 is 4.74 Å². The van der Waals surface area contributed by atoms with E-state index in [4.69, 9.17) is 4.74 Å². The zero-order chi connectivity index (χ0) is 20.4. The molecule has 0 aromatic heterocycles. The topological polar surface area (TPSA) is 69.7 Å². The molecule has 0 heterocycles. The average Bonchev–Trinajstić information content (AvgIpc) is 2.63. The van der Waals surface area contributed by atoms with Crippen molar-refractivity contribution < 1.29 is 21.5 Å². The van der Waals surface area contributed by atoms with Crippen molar-refractivity contribution in [2.24, 2.45) is 0 Å². The number of hydrogen-bond donors (Lipinski definition) is 0. The Morgan fingerprint density at radius 1 is 0.893 bits per heavy atom. The molecule has 0 N–H and O–H groups in total. The van der Waals surface area contributed by atoms with Gasteiger partial charge in [-0.25, -0.2) is 0 Å². The van der Waals surface area contributed by atoms with Crippen LogP contribution in [0.15, 0.2) is 40.9 Å². The molecule has 5 nitrogen and oxygen atoms in total. The molecule has 0 aliphatic rings. The van der Waals surface area contributed by atoms with Crippen LogP contribution in [0, 0.1) is 0 Å². The van der Waals surface area contributed by atoms with Crippen LogP contribution < -0.4 is 4.74 Å². The zero-order valence-corrected chi connectivity index (χ0v) is 19.3. The van der Waals surface area contributed by atoms with Gasteiger partial charge in [0.05, 0.1) is 19.5 Å². The number of unbranched alkanes of at least 4 members (excludes halogenated alkanes) is 3. The van der Waals surface area contributed by atoms with Crippen LogP contribution >= 0.6 is 15.9 Å². The maximum atomic E-state index is 11.8. The molecule has 28 heavy (non-hydrogen) atoms. The molecule has 0 bridgehead atoms. The number of benzene rings is 2. The van der Waals surface area contributed by atoms with E-state index in [1.54, 1.807) is 0 Å². The molecule has 8 heteroatoms. The van der Waals surface area contributed by atoms with Crippen molar-refractivity contribution in [1.29, 1.82) is 0 Å². The van der Waals surface area contributed by atoms with Gasteiger partial charge in [-0.2, -0.15) is 8.42 Å². The maximum Gasteiger partial charge on any atom is 0.264 e. The van der Waals surface area contributed by atoms with Crippen molar-refractivity contribution in [3.63, 3.8) is 0 Å². The van der Waals surface area contributed by atoms with Gasteiger partial charge in [0.1, 0.15) is 5.75 Å². The number of ether oxygens (including phenoxy) is 1. The Hall–Kier alpha value is -0.960. The van der Waals surface area contributed by atoms with Crippen LogP contribution in [0.2, 0.25) is 0 Å². The predicted octanol–water partition coefficient (Wildman–Crippen LogP) is 4.66. The van der Waals surface area contributed by atoms with E-state index >= 15 is 0 Å². The standard InChI is InChI=1S/C20H27BrO5S2/c1-28(23,24)26-12-6-14-27(22)13-5-3-2-4-11-25-20-10-8-17-15-19(21)9-7-18(17)16-20/h7-10,15-16H,2-6,11-14H2,1H3. The molecule has 0 saturated carbocycles. The number of halogens is 1. The molecule has 2 aromatic rings. The van der Waals surface area contributed by atoms with E-state index in [0.717, 1.165) is 47.5 Å². The summed E-state index contributed by atoms with van der Waals surface area (Å²) in [5, 5.41) is 2.34. The van der Waals surface area contributed by atoms with Gasteiger partial charge in [0, 0.05) is 26.8 Å².